The van der Waals surface area contributed by atoms with Gasteiger partial charge in [-0.05, 0) is 42.7 Å². The maximum Gasteiger partial charge on any atom is 0.272 e. The van der Waals surface area contributed by atoms with E-state index in [0.29, 0.717) is 30.3 Å². The third-order valence-corrected chi connectivity index (χ3v) is 3.89. The van der Waals surface area contributed by atoms with E-state index in [1.807, 2.05) is 26.0 Å². The fourth-order valence-electron chi connectivity index (χ4n) is 2.21. The minimum atomic E-state index is -0.178. The summed E-state index contributed by atoms with van der Waals surface area (Å²) in [6, 6.07) is 8.88. The molecule has 0 spiro atoms. The number of hydrogen-bond acceptors (Lipinski definition) is 5. The molecule has 0 unspecified atom stereocenters. The van der Waals surface area contributed by atoms with E-state index in [0.717, 1.165) is 11.4 Å². The van der Waals surface area contributed by atoms with E-state index in [2.05, 4.69) is 9.97 Å². The number of benzene rings is 1. The molecule has 0 bridgehead atoms. The second kappa shape index (κ2) is 8.67. The van der Waals surface area contributed by atoms with Gasteiger partial charge in [0.2, 0.25) is 5.95 Å². The van der Waals surface area contributed by atoms with Gasteiger partial charge in [0, 0.05) is 24.3 Å². The smallest absolute Gasteiger partial charge is 0.272 e. The quantitative estimate of drug-likeness (QED) is 0.763. The average Bonchev–Trinajstić information content (AvgIpc) is 2.58. The fourth-order valence-corrected chi connectivity index (χ4v) is 2.34. The van der Waals surface area contributed by atoms with Crippen molar-refractivity contribution < 1.29 is 9.53 Å². The monoisotopic (exact) mass is 362 g/mol. The van der Waals surface area contributed by atoms with Crippen LogP contribution in [0.1, 0.15) is 42.4 Å². The zero-order valence-corrected chi connectivity index (χ0v) is 15.5. The Morgan fingerprint density at radius 2 is 1.96 bits per heavy atom. The van der Waals surface area contributed by atoms with E-state index in [1.54, 1.807) is 30.1 Å². The molecular formula is C18H23ClN4O2. The van der Waals surface area contributed by atoms with Crippen molar-refractivity contribution in [2.24, 2.45) is 0 Å². The molecule has 0 radical (unpaired) electrons. The Kier molecular flexibility index (Phi) is 6.58. The molecule has 0 saturated carbocycles. The van der Waals surface area contributed by atoms with Crippen LogP contribution in [-0.2, 0) is 0 Å². The first kappa shape index (κ1) is 19.0. The highest BCUT2D eigenvalue weighted by molar-refractivity contribution is 6.30. The van der Waals surface area contributed by atoms with E-state index < -0.39 is 0 Å². The zero-order chi connectivity index (χ0) is 18.4. The van der Waals surface area contributed by atoms with Crippen LogP contribution in [0, 0.1) is 0 Å². The Labute approximate surface area is 153 Å². The third-order valence-electron chi connectivity index (χ3n) is 3.64. The number of hydrogen-bond donors (Lipinski definition) is 1. The number of carbonyl (C=O) groups is 1. The first-order valence-electron chi connectivity index (χ1n) is 8.15. The molecule has 1 heterocycles. The second-order valence-corrected chi connectivity index (χ2v) is 6.51. The summed E-state index contributed by atoms with van der Waals surface area (Å²) in [5.74, 6) is 0.870. The summed E-state index contributed by atoms with van der Waals surface area (Å²) in [6.07, 6.45) is 0.697. The van der Waals surface area contributed by atoms with Gasteiger partial charge in [0.05, 0.1) is 6.61 Å². The lowest BCUT2D eigenvalue weighted by atomic mass is 10.1. The van der Waals surface area contributed by atoms with Gasteiger partial charge in [-0.2, -0.15) is 0 Å². The predicted octanol–water partition coefficient (Wildman–Crippen LogP) is 3.38. The molecule has 0 aliphatic carbocycles. The van der Waals surface area contributed by atoms with E-state index in [1.165, 1.54) is 0 Å². The van der Waals surface area contributed by atoms with Crippen molar-refractivity contribution in [2.45, 2.75) is 26.2 Å². The lowest BCUT2D eigenvalue weighted by Crippen LogP contribution is -2.30. The molecule has 2 aromatic rings. The van der Waals surface area contributed by atoms with Crippen molar-refractivity contribution in [1.29, 1.82) is 0 Å². The number of nitrogens with zero attached hydrogens (tertiary/aromatic N) is 3. The second-order valence-electron chi connectivity index (χ2n) is 6.07. The molecule has 0 aliphatic rings. The Morgan fingerprint density at radius 3 is 2.60 bits per heavy atom. The summed E-state index contributed by atoms with van der Waals surface area (Å²) in [5, 5.41) is 0.669. The highest BCUT2D eigenvalue weighted by atomic mass is 35.5. The Balaban J connectivity index is 1.86. The Bertz CT molecular complexity index is 720. The van der Waals surface area contributed by atoms with Crippen molar-refractivity contribution in [3.63, 3.8) is 0 Å². The normalized spacial score (nSPS) is 10.8. The first-order chi connectivity index (χ1) is 11.9. The predicted molar refractivity (Wildman–Crippen MR) is 99.1 cm³/mol. The molecule has 0 saturated heterocycles. The van der Waals surface area contributed by atoms with Crippen LogP contribution in [0.5, 0.6) is 5.75 Å². The number of nitrogens with two attached hydrogens (primary N) is 1. The van der Waals surface area contributed by atoms with Gasteiger partial charge in [-0.15, -0.1) is 0 Å². The van der Waals surface area contributed by atoms with Gasteiger partial charge in [0.1, 0.15) is 11.4 Å². The summed E-state index contributed by atoms with van der Waals surface area (Å²) in [6.45, 7) is 5.04. The molecule has 1 aromatic heterocycles. The number of halogens is 1. The highest BCUT2D eigenvalue weighted by Crippen LogP contribution is 2.16. The molecule has 1 amide bonds. The Hall–Kier alpha value is -2.34. The Morgan fingerprint density at radius 1 is 1.28 bits per heavy atom. The summed E-state index contributed by atoms with van der Waals surface area (Å²) < 4.78 is 5.62. The van der Waals surface area contributed by atoms with Gasteiger partial charge in [-0.1, -0.05) is 25.4 Å². The van der Waals surface area contributed by atoms with Gasteiger partial charge >= 0.3 is 0 Å². The molecule has 7 heteroatoms. The highest BCUT2D eigenvalue weighted by Gasteiger charge is 2.16. The van der Waals surface area contributed by atoms with Gasteiger partial charge in [0.25, 0.3) is 5.91 Å². The number of rotatable bonds is 7. The van der Waals surface area contributed by atoms with E-state index in [-0.39, 0.29) is 17.8 Å². The number of anilines is 1. The van der Waals surface area contributed by atoms with Crippen molar-refractivity contribution in [2.75, 3.05) is 25.9 Å². The van der Waals surface area contributed by atoms with Crippen LogP contribution < -0.4 is 10.5 Å². The number of nitrogen functional groups attached to an aromatic ring is 1. The molecule has 25 heavy (non-hydrogen) atoms. The molecule has 1 aromatic carbocycles. The SMILES string of the molecule is CC(C)c1cc(C(=O)N(C)CCCOc2ccc(Cl)cc2)nc(N)n1. The topological polar surface area (TPSA) is 81.3 Å². The molecule has 2 N–H and O–H groups in total. The van der Waals surface area contributed by atoms with Crippen LogP contribution >= 0.6 is 11.6 Å². The maximum absolute atomic E-state index is 12.5. The van der Waals surface area contributed by atoms with Crippen LogP contribution in [0.4, 0.5) is 5.95 Å². The minimum absolute atomic E-state index is 0.119. The van der Waals surface area contributed by atoms with Crippen LogP contribution in [0.15, 0.2) is 30.3 Å². The lowest BCUT2D eigenvalue weighted by Gasteiger charge is -2.17. The van der Waals surface area contributed by atoms with Crippen LogP contribution in [0.2, 0.25) is 5.02 Å². The van der Waals surface area contributed by atoms with Crippen molar-refractivity contribution in [1.82, 2.24) is 14.9 Å². The summed E-state index contributed by atoms with van der Waals surface area (Å²) >= 11 is 5.83. The molecule has 6 nitrogen and oxygen atoms in total. The largest absolute Gasteiger partial charge is 0.494 e. The first-order valence-corrected chi connectivity index (χ1v) is 8.53. The van der Waals surface area contributed by atoms with Gasteiger partial charge in [-0.25, -0.2) is 9.97 Å². The molecule has 0 fully saturated rings. The van der Waals surface area contributed by atoms with Gasteiger partial charge < -0.3 is 15.4 Å². The maximum atomic E-state index is 12.5. The van der Waals surface area contributed by atoms with Gasteiger partial charge in [0.15, 0.2) is 0 Å². The van der Waals surface area contributed by atoms with Crippen molar-refractivity contribution in [3.05, 3.63) is 46.7 Å². The van der Waals surface area contributed by atoms with Crippen molar-refractivity contribution in [3.8, 4) is 5.75 Å². The summed E-state index contributed by atoms with van der Waals surface area (Å²) in [4.78, 5) is 22.3. The standard InChI is InChI=1S/C18H23ClN4O2/c1-12(2)15-11-16(22-18(20)21-15)17(24)23(3)9-4-10-25-14-7-5-13(19)6-8-14/h5-8,11-12H,4,9-10H2,1-3H3,(H2,20,21,22). The molecular weight excluding hydrogens is 340 g/mol. The lowest BCUT2D eigenvalue weighted by molar-refractivity contribution is 0.0782. The molecule has 0 atom stereocenters. The van der Waals surface area contributed by atoms with E-state index in [9.17, 15) is 4.79 Å². The van der Waals surface area contributed by atoms with Crippen molar-refractivity contribution >= 4 is 23.5 Å². The zero-order valence-electron chi connectivity index (χ0n) is 14.7. The molecule has 2 rings (SSSR count). The minimum Gasteiger partial charge on any atom is -0.494 e. The number of aromatic nitrogens is 2. The van der Waals surface area contributed by atoms with Crippen LogP contribution in [0.25, 0.3) is 0 Å². The third kappa shape index (κ3) is 5.60. The van der Waals surface area contributed by atoms with Crippen LogP contribution in [-0.4, -0.2) is 41.0 Å². The van der Waals surface area contributed by atoms with E-state index >= 15 is 0 Å². The molecule has 0 aliphatic heterocycles. The van der Waals surface area contributed by atoms with E-state index in [4.69, 9.17) is 22.1 Å². The van der Waals surface area contributed by atoms with Crippen LogP contribution in [0.3, 0.4) is 0 Å². The van der Waals surface area contributed by atoms with Gasteiger partial charge in [-0.3, -0.25) is 4.79 Å². The fraction of sp³-hybridized carbons (Fsp3) is 0.389. The molecule has 134 valence electrons. The number of amides is 1. The number of carbonyl (C=O) groups excluding carboxylic acids is 1. The summed E-state index contributed by atoms with van der Waals surface area (Å²) in [7, 11) is 1.73. The number of ether oxygens (including phenoxy) is 1. The average molecular weight is 363 g/mol. The summed E-state index contributed by atoms with van der Waals surface area (Å²) in [5.41, 5.74) is 6.79.